The van der Waals surface area contributed by atoms with Crippen molar-refractivity contribution in [3.63, 3.8) is 0 Å². The summed E-state index contributed by atoms with van der Waals surface area (Å²) in [7, 11) is 0. The van der Waals surface area contributed by atoms with Crippen molar-refractivity contribution < 1.29 is 4.42 Å². The molecular weight excluding hydrogens is 757 g/mol. The SMILES string of the molecule is c1ccc(C2=NC(c3ccc(-c4ccc(N(c5ccc(-c6ccccc6)cc5)c5ccc(-c6ccccc6)cc5)c5c4oc4ccccc45)cc3)=NC(c3ccccc3)N2)cc1. The minimum Gasteiger partial charge on any atom is -0.455 e. The van der Waals surface area contributed by atoms with E-state index in [1.165, 1.54) is 22.3 Å². The maximum absolute atomic E-state index is 6.85. The third kappa shape index (κ3) is 7.01. The third-order valence-electron chi connectivity index (χ3n) is 11.6. The number of amidine groups is 2. The molecule has 5 heteroatoms. The lowest BCUT2D eigenvalue weighted by Crippen LogP contribution is -2.33. The van der Waals surface area contributed by atoms with Crippen molar-refractivity contribution in [2.45, 2.75) is 6.17 Å². The first-order chi connectivity index (χ1) is 30.7. The van der Waals surface area contributed by atoms with Gasteiger partial charge in [-0.25, -0.2) is 9.98 Å². The van der Waals surface area contributed by atoms with E-state index in [4.69, 9.17) is 14.4 Å². The quantitative estimate of drug-likeness (QED) is 0.158. The Morgan fingerprint density at radius 3 is 1.50 bits per heavy atom. The summed E-state index contributed by atoms with van der Waals surface area (Å²) in [5, 5.41) is 5.67. The van der Waals surface area contributed by atoms with Crippen LogP contribution in [0.15, 0.2) is 245 Å². The minimum atomic E-state index is -0.270. The van der Waals surface area contributed by atoms with Crippen LogP contribution in [0.25, 0.3) is 55.3 Å². The zero-order valence-corrected chi connectivity index (χ0v) is 33.8. The number of hydrogen-bond donors (Lipinski definition) is 1. The second-order valence-electron chi connectivity index (χ2n) is 15.4. The second kappa shape index (κ2) is 16.1. The van der Waals surface area contributed by atoms with Crippen molar-refractivity contribution in [2.24, 2.45) is 9.98 Å². The zero-order chi connectivity index (χ0) is 41.2. The zero-order valence-electron chi connectivity index (χ0n) is 33.8. The molecule has 0 fully saturated rings. The molecule has 294 valence electrons. The monoisotopic (exact) mass is 796 g/mol. The lowest BCUT2D eigenvalue weighted by Gasteiger charge is -2.27. The van der Waals surface area contributed by atoms with Gasteiger partial charge in [-0.3, -0.25) is 0 Å². The van der Waals surface area contributed by atoms with E-state index < -0.39 is 0 Å². The number of aliphatic imine (C=N–C) groups is 2. The summed E-state index contributed by atoms with van der Waals surface area (Å²) in [5.74, 6) is 1.47. The average Bonchev–Trinajstić information content (AvgIpc) is 3.76. The molecule has 0 amide bonds. The van der Waals surface area contributed by atoms with Gasteiger partial charge in [-0.05, 0) is 75.8 Å². The molecule has 0 spiro atoms. The average molecular weight is 797 g/mol. The highest BCUT2D eigenvalue weighted by molar-refractivity contribution is 6.17. The summed E-state index contributed by atoms with van der Waals surface area (Å²) in [4.78, 5) is 12.5. The summed E-state index contributed by atoms with van der Waals surface area (Å²) in [6.45, 7) is 0. The standard InChI is InChI=1S/C57H40N4O/c1-5-15-39(16-6-1)41-29-33-47(34-30-41)61(48-35-31-42(32-36-48)40-17-7-2-8-18-40)51-38-37-49(54-53(51)50-23-13-14-24-52(50)62-54)43-25-27-46(28-26-43)57-59-55(44-19-9-3-10-20-44)58-56(60-57)45-21-11-4-12-22-45/h1-38,55H,(H,58,59,60). The van der Waals surface area contributed by atoms with Crippen LogP contribution >= 0.6 is 0 Å². The number of benzene rings is 9. The van der Waals surface area contributed by atoms with Crippen LogP contribution in [0, 0.1) is 0 Å². The number of nitrogens with one attached hydrogen (secondary N) is 1. The van der Waals surface area contributed by atoms with Gasteiger partial charge in [0.05, 0.1) is 11.1 Å². The fourth-order valence-electron chi connectivity index (χ4n) is 8.44. The normalized spacial score (nSPS) is 13.6. The van der Waals surface area contributed by atoms with Crippen LogP contribution in [-0.4, -0.2) is 11.7 Å². The van der Waals surface area contributed by atoms with Crippen LogP contribution in [0.1, 0.15) is 22.9 Å². The van der Waals surface area contributed by atoms with Gasteiger partial charge in [0.25, 0.3) is 0 Å². The van der Waals surface area contributed by atoms with E-state index in [9.17, 15) is 0 Å². The van der Waals surface area contributed by atoms with E-state index in [1.807, 2.05) is 42.5 Å². The number of para-hydroxylation sites is 1. The van der Waals surface area contributed by atoms with E-state index in [-0.39, 0.29) is 6.17 Å². The van der Waals surface area contributed by atoms with E-state index in [0.29, 0.717) is 5.84 Å². The largest absolute Gasteiger partial charge is 0.455 e. The summed E-state index contributed by atoms with van der Waals surface area (Å²) < 4.78 is 6.85. The molecule has 62 heavy (non-hydrogen) atoms. The fraction of sp³-hybridized carbons (Fsp3) is 0.0175. The van der Waals surface area contributed by atoms with Crippen molar-refractivity contribution >= 4 is 50.7 Å². The summed E-state index contributed by atoms with van der Waals surface area (Å²) in [6.07, 6.45) is -0.270. The topological polar surface area (TPSA) is 53.1 Å². The number of furan rings is 1. The number of hydrogen-bond acceptors (Lipinski definition) is 5. The molecule has 0 saturated carbocycles. The van der Waals surface area contributed by atoms with E-state index in [0.717, 1.165) is 72.7 Å². The molecule has 5 nitrogen and oxygen atoms in total. The van der Waals surface area contributed by atoms with Crippen LogP contribution in [-0.2, 0) is 0 Å². The molecule has 2 heterocycles. The van der Waals surface area contributed by atoms with Gasteiger partial charge in [-0.2, -0.15) is 0 Å². The van der Waals surface area contributed by atoms with Crippen molar-refractivity contribution in [3.05, 3.63) is 247 Å². The Balaban J connectivity index is 1.02. The van der Waals surface area contributed by atoms with Gasteiger partial charge in [-0.15, -0.1) is 0 Å². The highest BCUT2D eigenvalue weighted by Gasteiger charge is 2.24. The summed E-state index contributed by atoms with van der Waals surface area (Å²) in [5.41, 5.74) is 14.6. The van der Waals surface area contributed by atoms with Crippen molar-refractivity contribution in [1.29, 1.82) is 0 Å². The molecule has 10 aromatic rings. The Bertz CT molecular complexity index is 3130. The molecular formula is C57H40N4O. The Morgan fingerprint density at radius 1 is 0.419 bits per heavy atom. The van der Waals surface area contributed by atoms with E-state index >= 15 is 0 Å². The van der Waals surface area contributed by atoms with E-state index in [1.54, 1.807) is 0 Å². The van der Waals surface area contributed by atoms with Gasteiger partial charge in [0, 0.05) is 33.5 Å². The number of anilines is 3. The van der Waals surface area contributed by atoms with Gasteiger partial charge < -0.3 is 14.6 Å². The molecule has 0 aliphatic carbocycles. The van der Waals surface area contributed by atoms with Crippen molar-refractivity contribution in [3.8, 4) is 33.4 Å². The smallest absolute Gasteiger partial charge is 0.159 e. The molecule has 1 aliphatic rings. The highest BCUT2D eigenvalue weighted by atomic mass is 16.3. The van der Waals surface area contributed by atoms with Gasteiger partial charge in [-0.1, -0.05) is 188 Å². The van der Waals surface area contributed by atoms with E-state index in [2.05, 4.69) is 198 Å². The summed E-state index contributed by atoms with van der Waals surface area (Å²) in [6, 6.07) is 80.6. The van der Waals surface area contributed by atoms with Crippen LogP contribution in [0.2, 0.25) is 0 Å². The molecule has 1 atom stereocenters. The van der Waals surface area contributed by atoms with Crippen LogP contribution in [0.3, 0.4) is 0 Å². The predicted octanol–water partition coefficient (Wildman–Crippen LogP) is 14.6. The first-order valence-corrected chi connectivity index (χ1v) is 20.9. The van der Waals surface area contributed by atoms with Gasteiger partial charge in [0.1, 0.15) is 23.2 Å². The van der Waals surface area contributed by atoms with Crippen LogP contribution < -0.4 is 10.2 Å². The maximum atomic E-state index is 6.85. The first-order valence-electron chi connectivity index (χ1n) is 20.9. The molecule has 1 aromatic heterocycles. The Kier molecular flexibility index (Phi) is 9.52. The van der Waals surface area contributed by atoms with Crippen molar-refractivity contribution in [1.82, 2.24) is 5.32 Å². The van der Waals surface area contributed by atoms with Gasteiger partial charge in [0.15, 0.2) is 5.84 Å². The molecule has 11 rings (SSSR count). The first kappa shape index (κ1) is 36.8. The molecule has 1 N–H and O–H groups in total. The van der Waals surface area contributed by atoms with Gasteiger partial charge >= 0.3 is 0 Å². The summed E-state index contributed by atoms with van der Waals surface area (Å²) >= 11 is 0. The fourth-order valence-corrected chi connectivity index (χ4v) is 8.44. The molecule has 1 aliphatic heterocycles. The number of fused-ring (bicyclic) bond motifs is 3. The van der Waals surface area contributed by atoms with Crippen LogP contribution in [0.5, 0.6) is 0 Å². The lowest BCUT2D eigenvalue weighted by atomic mass is 9.98. The third-order valence-corrected chi connectivity index (χ3v) is 11.6. The second-order valence-corrected chi connectivity index (χ2v) is 15.4. The molecule has 0 saturated heterocycles. The number of rotatable bonds is 9. The maximum Gasteiger partial charge on any atom is 0.159 e. The Morgan fingerprint density at radius 2 is 0.903 bits per heavy atom. The molecule has 0 bridgehead atoms. The minimum absolute atomic E-state index is 0.270. The molecule has 1 unspecified atom stereocenters. The molecule has 0 radical (unpaired) electrons. The van der Waals surface area contributed by atoms with Gasteiger partial charge in [0.2, 0.25) is 0 Å². The van der Waals surface area contributed by atoms with Crippen LogP contribution in [0.4, 0.5) is 17.1 Å². The predicted molar refractivity (Wildman–Crippen MR) is 257 cm³/mol. The Hall–Kier alpha value is -8.28. The highest BCUT2D eigenvalue weighted by Crippen LogP contribution is 2.46. The Labute approximate surface area is 360 Å². The lowest BCUT2D eigenvalue weighted by molar-refractivity contribution is 0.670. The number of nitrogens with zero attached hydrogens (tertiary/aromatic N) is 3. The van der Waals surface area contributed by atoms with Crippen molar-refractivity contribution in [2.75, 3.05) is 4.90 Å². The molecule has 9 aromatic carbocycles.